The van der Waals surface area contributed by atoms with E-state index in [0.29, 0.717) is 11.8 Å². The molecule has 0 aliphatic heterocycles. The molecule has 0 saturated heterocycles. The van der Waals surface area contributed by atoms with E-state index in [1.807, 2.05) is 0 Å². The van der Waals surface area contributed by atoms with Crippen molar-refractivity contribution in [2.24, 2.45) is 23.7 Å². The Morgan fingerprint density at radius 1 is 0.913 bits per heavy atom. The minimum absolute atomic E-state index is 0.00780. The van der Waals surface area contributed by atoms with E-state index in [9.17, 15) is 20.4 Å². The van der Waals surface area contributed by atoms with Gasteiger partial charge in [0.1, 0.15) is 0 Å². The van der Waals surface area contributed by atoms with Crippen LogP contribution in [0.2, 0.25) is 0 Å². The van der Waals surface area contributed by atoms with E-state index in [1.54, 1.807) is 0 Å². The summed E-state index contributed by atoms with van der Waals surface area (Å²) in [6.45, 7) is 2.86. The fraction of sp³-hybridized carbons (Fsp3) is 1.00. The molecular weight excluding hydrogens is 296 g/mol. The van der Waals surface area contributed by atoms with Gasteiger partial charge in [-0.15, -0.1) is 0 Å². The number of hydrogen-bond acceptors (Lipinski definition) is 5. The van der Waals surface area contributed by atoms with Crippen LogP contribution in [0, 0.1) is 23.7 Å². The van der Waals surface area contributed by atoms with Crippen LogP contribution >= 0.6 is 0 Å². The molecule has 2 saturated carbocycles. The van der Waals surface area contributed by atoms with Gasteiger partial charge in [-0.1, -0.05) is 19.8 Å². The van der Waals surface area contributed by atoms with Gasteiger partial charge in [0, 0.05) is 18.4 Å². The summed E-state index contributed by atoms with van der Waals surface area (Å²) in [5, 5.41) is 38.0. The Labute approximate surface area is 139 Å². The maximum atomic E-state index is 9.53. The second-order valence-electron chi connectivity index (χ2n) is 7.60. The Morgan fingerprint density at radius 3 is 2.26 bits per heavy atom. The van der Waals surface area contributed by atoms with Crippen LogP contribution in [0.1, 0.15) is 64.7 Å². The van der Waals surface area contributed by atoms with Gasteiger partial charge < -0.3 is 25.2 Å². The summed E-state index contributed by atoms with van der Waals surface area (Å²) in [7, 11) is 0. The molecule has 0 amide bonds. The van der Waals surface area contributed by atoms with Gasteiger partial charge in [0.05, 0.1) is 6.10 Å². The average molecular weight is 330 g/mol. The lowest BCUT2D eigenvalue weighted by atomic mass is 9.71. The zero-order valence-corrected chi connectivity index (χ0v) is 14.3. The van der Waals surface area contributed by atoms with Crippen LogP contribution in [0.15, 0.2) is 0 Å². The summed E-state index contributed by atoms with van der Waals surface area (Å²) < 4.78 is 6.03. The number of aliphatic hydroxyl groups is 4. The number of rotatable bonds is 7. The topological polar surface area (TPSA) is 90.2 Å². The quantitative estimate of drug-likeness (QED) is 0.536. The van der Waals surface area contributed by atoms with Gasteiger partial charge in [-0.05, 0) is 56.8 Å². The molecule has 23 heavy (non-hydrogen) atoms. The first kappa shape index (κ1) is 19.1. The minimum Gasteiger partial charge on any atom is -0.378 e. The lowest BCUT2D eigenvalue weighted by molar-refractivity contribution is -0.123. The molecule has 2 aliphatic rings. The van der Waals surface area contributed by atoms with Crippen LogP contribution in [0.25, 0.3) is 0 Å². The summed E-state index contributed by atoms with van der Waals surface area (Å²) in [5.41, 5.74) is 0. The molecule has 5 heteroatoms. The average Bonchev–Trinajstić information content (AvgIpc) is 2.53. The second-order valence-corrected chi connectivity index (χ2v) is 7.60. The molecule has 0 aromatic heterocycles. The first-order chi connectivity index (χ1) is 11.0. The maximum Gasteiger partial charge on any atom is 0.154 e. The third-order valence-corrected chi connectivity index (χ3v) is 5.79. The molecule has 5 unspecified atom stereocenters. The minimum atomic E-state index is -1.23. The summed E-state index contributed by atoms with van der Waals surface area (Å²) in [4.78, 5) is 0. The molecule has 0 aromatic rings. The van der Waals surface area contributed by atoms with Gasteiger partial charge in [0.2, 0.25) is 0 Å². The summed E-state index contributed by atoms with van der Waals surface area (Å²) in [5.74, 6) is 0.778. The van der Waals surface area contributed by atoms with E-state index in [4.69, 9.17) is 4.74 Å². The predicted molar refractivity (Wildman–Crippen MR) is 87.4 cm³/mol. The molecule has 4 N–H and O–H groups in total. The van der Waals surface area contributed by atoms with Gasteiger partial charge in [-0.3, -0.25) is 0 Å². The molecule has 0 aromatic carbocycles. The maximum absolute atomic E-state index is 9.53. The van der Waals surface area contributed by atoms with Gasteiger partial charge in [0.25, 0.3) is 0 Å². The lowest BCUT2D eigenvalue weighted by Crippen LogP contribution is -2.38. The fourth-order valence-corrected chi connectivity index (χ4v) is 4.53. The Balaban J connectivity index is 1.93. The molecule has 136 valence electrons. The van der Waals surface area contributed by atoms with E-state index >= 15 is 0 Å². The number of hydrogen-bond donors (Lipinski definition) is 4. The van der Waals surface area contributed by atoms with Crippen LogP contribution < -0.4 is 0 Å². The van der Waals surface area contributed by atoms with E-state index in [1.165, 1.54) is 0 Å². The second kappa shape index (κ2) is 9.33. The predicted octanol–water partition coefficient (Wildman–Crippen LogP) is 2.02. The van der Waals surface area contributed by atoms with Crippen molar-refractivity contribution in [2.75, 3.05) is 6.61 Å². The highest BCUT2D eigenvalue weighted by Gasteiger charge is 2.36. The molecule has 0 spiro atoms. The van der Waals surface area contributed by atoms with Crippen molar-refractivity contribution in [3.63, 3.8) is 0 Å². The Hall–Kier alpha value is -0.200. The monoisotopic (exact) mass is 330 g/mol. The molecule has 0 bridgehead atoms. The molecule has 0 heterocycles. The largest absolute Gasteiger partial charge is 0.378 e. The van der Waals surface area contributed by atoms with Crippen molar-refractivity contribution >= 4 is 0 Å². The number of aliphatic hydroxyl groups excluding tert-OH is 2. The van der Waals surface area contributed by atoms with Gasteiger partial charge in [0.15, 0.2) is 12.6 Å². The third-order valence-electron chi connectivity index (χ3n) is 5.79. The first-order valence-electron chi connectivity index (χ1n) is 9.35. The highest BCUT2D eigenvalue weighted by atomic mass is 16.5. The first-order valence-corrected chi connectivity index (χ1v) is 9.35. The van der Waals surface area contributed by atoms with E-state index in [2.05, 4.69) is 6.92 Å². The fourth-order valence-electron chi connectivity index (χ4n) is 4.53. The SMILES string of the molecule is CCCOC1CCC(C(O)O)CC1CC1CCCC(C(O)O)C1. The standard InChI is InChI=1S/C18H34O5/c1-2-8-23-16-7-6-14(18(21)22)11-15(16)10-12-4-3-5-13(9-12)17(19)20/h12-22H,2-11H2,1H3. The highest BCUT2D eigenvalue weighted by molar-refractivity contribution is 4.85. The molecule has 5 nitrogen and oxygen atoms in total. The van der Waals surface area contributed by atoms with Crippen LogP contribution in [0.3, 0.4) is 0 Å². The zero-order valence-electron chi connectivity index (χ0n) is 14.3. The number of ether oxygens (including phenoxy) is 1. The lowest BCUT2D eigenvalue weighted by Gasteiger charge is -2.40. The Bertz CT molecular complexity index is 333. The third kappa shape index (κ3) is 5.68. The van der Waals surface area contributed by atoms with Crippen LogP contribution in [0.5, 0.6) is 0 Å². The van der Waals surface area contributed by atoms with Gasteiger partial charge >= 0.3 is 0 Å². The molecular formula is C18H34O5. The van der Waals surface area contributed by atoms with Crippen molar-refractivity contribution in [3.8, 4) is 0 Å². The molecule has 0 radical (unpaired) electrons. The Morgan fingerprint density at radius 2 is 1.61 bits per heavy atom. The smallest absolute Gasteiger partial charge is 0.154 e. The van der Waals surface area contributed by atoms with E-state index in [0.717, 1.165) is 64.4 Å². The van der Waals surface area contributed by atoms with E-state index in [-0.39, 0.29) is 17.9 Å². The molecule has 2 rings (SSSR count). The van der Waals surface area contributed by atoms with Crippen molar-refractivity contribution in [3.05, 3.63) is 0 Å². The molecule has 2 fully saturated rings. The molecule has 2 aliphatic carbocycles. The van der Waals surface area contributed by atoms with Crippen LogP contribution in [-0.4, -0.2) is 45.7 Å². The normalized spacial score (nSPS) is 35.9. The van der Waals surface area contributed by atoms with Crippen molar-refractivity contribution in [1.29, 1.82) is 0 Å². The summed E-state index contributed by atoms with van der Waals surface area (Å²) >= 11 is 0. The summed E-state index contributed by atoms with van der Waals surface area (Å²) in [6, 6.07) is 0. The van der Waals surface area contributed by atoms with Crippen molar-refractivity contribution < 1.29 is 25.2 Å². The van der Waals surface area contributed by atoms with Crippen molar-refractivity contribution in [1.82, 2.24) is 0 Å². The van der Waals surface area contributed by atoms with Crippen molar-refractivity contribution in [2.45, 2.75) is 83.4 Å². The highest BCUT2D eigenvalue weighted by Crippen LogP contribution is 2.41. The van der Waals surface area contributed by atoms with Crippen LogP contribution in [-0.2, 0) is 4.74 Å². The summed E-state index contributed by atoms with van der Waals surface area (Å²) in [6.07, 6.45) is 6.21. The van der Waals surface area contributed by atoms with Gasteiger partial charge in [-0.25, -0.2) is 0 Å². The molecule has 5 atom stereocenters. The van der Waals surface area contributed by atoms with E-state index < -0.39 is 12.6 Å². The zero-order chi connectivity index (χ0) is 16.8. The Kier molecular flexibility index (Phi) is 7.76. The van der Waals surface area contributed by atoms with Gasteiger partial charge in [-0.2, -0.15) is 0 Å². The van der Waals surface area contributed by atoms with Crippen LogP contribution in [0.4, 0.5) is 0 Å².